The smallest absolute Gasteiger partial charge is 0.296 e. The summed E-state index contributed by atoms with van der Waals surface area (Å²) in [6.07, 6.45) is 0.233. The van der Waals surface area contributed by atoms with Crippen LogP contribution in [0.25, 0.3) is 10.6 Å². The van der Waals surface area contributed by atoms with Crippen LogP contribution >= 0.6 is 34.3 Å². The summed E-state index contributed by atoms with van der Waals surface area (Å²) in [7, 11) is 0. The number of rotatable bonds is 5. The van der Waals surface area contributed by atoms with Gasteiger partial charge in [-0.25, -0.2) is 15.0 Å². The molecule has 1 aliphatic heterocycles. The number of halogens is 4. The van der Waals surface area contributed by atoms with Gasteiger partial charge in [0.25, 0.3) is 5.91 Å². The van der Waals surface area contributed by atoms with Crippen molar-refractivity contribution in [2.75, 3.05) is 11.9 Å². The van der Waals surface area contributed by atoms with E-state index in [2.05, 4.69) is 32.1 Å². The third-order valence-corrected chi connectivity index (χ3v) is 7.06. The molecule has 1 atom stereocenters. The lowest BCUT2D eigenvalue weighted by molar-refractivity contribution is -0.137. The summed E-state index contributed by atoms with van der Waals surface area (Å²) in [6.45, 7) is 3.60. The summed E-state index contributed by atoms with van der Waals surface area (Å²) in [4.78, 5) is 28.2. The zero-order valence-electron chi connectivity index (χ0n) is 16.2. The van der Waals surface area contributed by atoms with Crippen LogP contribution in [0.15, 0.2) is 23.8 Å². The van der Waals surface area contributed by atoms with E-state index < -0.39 is 17.6 Å². The van der Waals surface area contributed by atoms with Crippen LogP contribution in [0.5, 0.6) is 0 Å². The van der Waals surface area contributed by atoms with Gasteiger partial charge in [0.1, 0.15) is 10.8 Å². The minimum Gasteiger partial charge on any atom is -0.296 e. The Balaban J connectivity index is 1.63. The first-order valence-corrected chi connectivity index (χ1v) is 11.5. The molecule has 1 amide bonds. The number of carbonyl (C=O) groups is 1. The van der Waals surface area contributed by atoms with Crippen LogP contribution in [0.2, 0.25) is 5.15 Å². The molecule has 6 nitrogen and oxygen atoms in total. The number of anilines is 1. The monoisotopic (exact) mass is 487 g/mol. The second-order valence-electron chi connectivity index (χ2n) is 7.13. The van der Waals surface area contributed by atoms with Crippen LogP contribution in [0.4, 0.5) is 18.3 Å². The maximum atomic E-state index is 13.1. The largest absolute Gasteiger partial charge is 0.417 e. The van der Waals surface area contributed by atoms with E-state index in [0.29, 0.717) is 28.3 Å². The van der Waals surface area contributed by atoms with Gasteiger partial charge >= 0.3 is 6.18 Å². The van der Waals surface area contributed by atoms with E-state index in [4.69, 9.17) is 11.6 Å². The third-order valence-electron chi connectivity index (χ3n) is 4.97. The Labute approximate surface area is 189 Å². The fourth-order valence-electron chi connectivity index (χ4n) is 3.32. The lowest BCUT2D eigenvalue weighted by Crippen LogP contribution is -2.25. The van der Waals surface area contributed by atoms with E-state index in [1.54, 1.807) is 0 Å². The van der Waals surface area contributed by atoms with Gasteiger partial charge in [0.2, 0.25) is 0 Å². The Morgan fingerprint density at radius 2 is 2.16 bits per heavy atom. The number of nitrogens with zero attached hydrogens (tertiary/aromatic N) is 4. The Bertz CT molecular complexity index is 1080. The van der Waals surface area contributed by atoms with Gasteiger partial charge < -0.3 is 0 Å². The number of hydrogen-bond donors (Lipinski definition) is 1. The summed E-state index contributed by atoms with van der Waals surface area (Å²) in [5.41, 5.74) is -0.184. The number of thiazole rings is 1. The highest BCUT2D eigenvalue weighted by Gasteiger charge is 2.33. The fraction of sp³-hybridized carbons (Fsp3) is 0.368. The van der Waals surface area contributed by atoms with Crippen LogP contribution < -0.4 is 5.32 Å². The molecule has 4 rings (SSSR count). The van der Waals surface area contributed by atoms with Crippen molar-refractivity contribution in [3.8, 4) is 10.6 Å². The number of nitrogens with one attached hydrogen (secondary N) is 1. The highest BCUT2D eigenvalue weighted by Crippen LogP contribution is 2.40. The molecule has 0 radical (unpaired) electrons. The first-order chi connectivity index (χ1) is 14.7. The molecule has 164 valence electrons. The molecule has 1 saturated heterocycles. The molecule has 3 aromatic heterocycles. The average molecular weight is 488 g/mol. The summed E-state index contributed by atoms with van der Waals surface area (Å²) in [5.74, 6) is -0.521. The Morgan fingerprint density at radius 3 is 2.77 bits per heavy atom. The number of carbonyl (C=O) groups excluding carboxylic acids is 1. The van der Waals surface area contributed by atoms with Crippen molar-refractivity contribution in [1.29, 1.82) is 0 Å². The van der Waals surface area contributed by atoms with Crippen molar-refractivity contribution in [3.05, 3.63) is 45.1 Å². The Morgan fingerprint density at radius 1 is 1.35 bits per heavy atom. The van der Waals surface area contributed by atoms with Crippen LogP contribution in [0.1, 0.15) is 40.7 Å². The molecule has 1 aliphatic rings. The summed E-state index contributed by atoms with van der Waals surface area (Å²) in [5, 5.41) is 4.20. The van der Waals surface area contributed by atoms with Crippen LogP contribution in [0.3, 0.4) is 0 Å². The lowest BCUT2D eigenvalue weighted by atomic mass is 10.2. The molecule has 3 aromatic rings. The molecule has 0 saturated carbocycles. The molecule has 0 aromatic carbocycles. The van der Waals surface area contributed by atoms with Crippen molar-refractivity contribution in [2.45, 2.75) is 38.5 Å². The van der Waals surface area contributed by atoms with Gasteiger partial charge in [-0.15, -0.1) is 11.3 Å². The van der Waals surface area contributed by atoms with E-state index in [1.807, 2.05) is 0 Å². The SMILES string of the molecule is C[C@@H]1CCCN1Cc1sc(NC(=O)c2cnc(Cl)cn2)nc1-c1cc(C(F)(F)F)cs1. The van der Waals surface area contributed by atoms with Crippen molar-refractivity contribution < 1.29 is 18.0 Å². The standard InChI is InChI=1S/C19H17ClF3N5OS2/c1-10-3-2-4-28(10)8-14-16(13-5-11(9-30-13)19(21,22)23)26-18(31-14)27-17(29)12-6-25-15(20)7-24-12/h5-7,9-10H,2-4,8H2,1H3,(H,26,27,29)/t10-/m1/s1. The summed E-state index contributed by atoms with van der Waals surface area (Å²) < 4.78 is 39.3. The normalized spacial score (nSPS) is 17.3. The quantitative estimate of drug-likeness (QED) is 0.509. The molecule has 1 fully saturated rings. The first-order valence-electron chi connectivity index (χ1n) is 9.39. The van der Waals surface area contributed by atoms with Crippen molar-refractivity contribution in [2.24, 2.45) is 0 Å². The van der Waals surface area contributed by atoms with Gasteiger partial charge in [-0.1, -0.05) is 22.9 Å². The predicted molar refractivity (Wildman–Crippen MR) is 115 cm³/mol. The average Bonchev–Trinajstić information content (AvgIpc) is 3.43. The highest BCUT2D eigenvalue weighted by molar-refractivity contribution is 7.17. The molecular formula is C19H17ClF3N5OS2. The van der Waals surface area contributed by atoms with E-state index in [9.17, 15) is 18.0 Å². The van der Waals surface area contributed by atoms with Gasteiger partial charge in [-0.3, -0.25) is 15.0 Å². The maximum Gasteiger partial charge on any atom is 0.417 e. The molecular weight excluding hydrogens is 471 g/mol. The Hall–Kier alpha value is -2.08. The van der Waals surface area contributed by atoms with Gasteiger partial charge in [0.15, 0.2) is 5.13 Å². The van der Waals surface area contributed by atoms with Crippen molar-refractivity contribution in [1.82, 2.24) is 19.9 Å². The number of thiophene rings is 1. The molecule has 12 heteroatoms. The minimum absolute atomic E-state index is 0.0614. The second kappa shape index (κ2) is 8.81. The third kappa shape index (κ3) is 5.05. The highest BCUT2D eigenvalue weighted by atomic mass is 35.5. The van der Waals surface area contributed by atoms with Gasteiger partial charge in [0, 0.05) is 22.8 Å². The fourth-order valence-corrected chi connectivity index (χ4v) is 5.41. The van der Waals surface area contributed by atoms with Crippen molar-refractivity contribution in [3.63, 3.8) is 0 Å². The predicted octanol–water partition coefficient (Wildman–Crippen LogP) is 5.57. The van der Waals surface area contributed by atoms with Crippen LogP contribution in [-0.4, -0.2) is 38.3 Å². The molecule has 1 N–H and O–H groups in total. The molecule has 0 spiro atoms. The van der Waals surface area contributed by atoms with Gasteiger partial charge in [-0.05, 0) is 32.4 Å². The minimum atomic E-state index is -4.42. The van der Waals surface area contributed by atoms with E-state index >= 15 is 0 Å². The number of likely N-dealkylation sites (tertiary alicyclic amines) is 1. The van der Waals surface area contributed by atoms with Crippen LogP contribution in [0, 0.1) is 0 Å². The van der Waals surface area contributed by atoms with Gasteiger partial charge in [-0.2, -0.15) is 13.2 Å². The number of amides is 1. The van der Waals surface area contributed by atoms with E-state index in [1.165, 1.54) is 23.7 Å². The molecule has 4 heterocycles. The first kappa shape index (κ1) is 22.1. The zero-order chi connectivity index (χ0) is 22.2. The number of hydrogen-bond acceptors (Lipinski definition) is 7. The second-order valence-corrected chi connectivity index (χ2v) is 9.51. The maximum absolute atomic E-state index is 13.1. The molecule has 31 heavy (non-hydrogen) atoms. The summed E-state index contributed by atoms with van der Waals surface area (Å²) >= 11 is 7.94. The molecule has 0 bridgehead atoms. The summed E-state index contributed by atoms with van der Waals surface area (Å²) in [6, 6.07) is 1.48. The van der Waals surface area contributed by atoms with E-state index in [-0.39, 0.29) is 10.8 Å². The zero-order valence-corrected chi connectivity index (χ0v) is 18.6. The molecule has 0 unspecified atom stereocenters. The van der Waals surface area contributed by atoms with E-state index in [0.717, 1.165) is 47.0 Å². The number of alkyl halides is 3. The number of aromatic nitrogens is 3. The van der Waals surface area contributed by atoms with Crippen molar-refractivity contribution >= 4 is 45.3 Å². The topological polar surface area (TPSA) is 71.0 Å². The lowest BCUT2D eigenvalue weighted by Gasteiger charge is -2.20. The Kier molecular flexibility index (Phi) is 6.29. The molecule has 0 aliphatic carbocycles. The van der Waals surface area contributed by atoms with Crippen LogP contribution in [-0.2, 0) is 12.7 Å². The van der Waals surface area contributed by atoms with Gasteiger partial charge in [0.05, 0.1) is 28.5 Å².